The molecule has 1 N–H and O–H groups in total. The second kappa shape index (κ2) is 13.4. The Morgan fingerprint density at radius 3 is 2.70 bits per heavy atom. The summed E-state index contributed by atoms with van der Waals surface area (Å²) in [7, 11) is 0. The van der Waals surface area contributed by atoms with Gasteiger partial charge in [0, 0.05) is 37.3 Å². The number of hydrogen-bond donors (Lipinski definition) is 1. The van der Waals surface area contributed by atoms with Gasteiger partial charge in [0.25, 0.3) is 0 Å². The Morgan fingerprint density at radius 1 is 1.24 bits per heavy atom. The number of rotatable bonds is 2. The number of aryl methyl sites for hydroxylation is 1. The number of fused-ring (bicyclic) bond motifs is 2. The summed E-state index contributed by atoms with van der Waals surface area (Å²) in [5.74, 6) is -0.989. The summed E-state index contributed by atoms with van der Waals surface area (Å²) >= 11 is 4.90. The molecule has 3 atom stereocenters. The molecule has 0 unspecified atom stereocenters. The molecule has 33 heavy (non-hydrogen) atoms. The van der Waals surface area contributed by atoms with Crippen LogP contribution in [0.15, 0.2) is 39.7 Å². The number of allylic oxidation sites excluding steroid dienone is 3. The third-order valence-electron chi connectivity index (χ3n) is 4.78. The van der Waals surface area contributed by atoms with Crippen molar-refractivity contribution >= 4 is 45.1 Å². The van der Waals surface area contributed by atoms with Gasteiger partial charge < -0.3 is 14.8 Å². The first-order valence-electron chi connectivity index (χ1n) is 10.9. The highest BCUT2D eigenvalue weighted by atomic mass is 79.9. The van der Waals surface area contributed by atoms with Crippen molar-refractivity contribution in [3.63, 3.8) is 0 Å². The Balaban J connectivity index is 2.26. The Morgan fingerprint density at radius 2 is 2.00 bits per heavy atom. The summed E-state index contributed by atoms with van der Waals surface area (Å²) in [4.78, 5) is 41.0. The highest BCUT2D eigenvalue weighted by Crippen LogP contribution is 2.19. The molecule has 1 aromatic heterocycles. The number of nitrogens with zero attached hydrogens (tertiary/aromatic N) is 1. The summed E-state index contributed by atoms with van der Waals surface area (Å²) in [5, 5.41) is 5.64. The minimum Gasteiger partial charge on any atom is -0.462 e. The normalized spacial score (nSPS) is 26.5. The molecule has 1 aliphatic heterocycles. The summed E-state index contributed by atoms with van der Waals surface area (Å²) in [6.07, 6.45) is 8.13. The molecule has 2 heterocycles. The predicted octanol–water partition coefficient (Wildman–Crippen LogP) is 4.56. The standard InChI is InChI=1S/C24H31BrN2O5S/c1-15-6-5-7-23(29)32-21(11-16(2)25)13-22-27-20(14-33-22)9-8-19(26-18(4)28)12-24(30)31-17(3)10-15/h5-7,11,14,17,19,21H,8-10,12-13H2,1-4H3,(H,26,28)/b7-5-,15-6+,16-11+/t17-,19+,21+/m0/s1. The van der Waals surface area contributed by atoms with Crippen molar-refractivity contribution in [2.24, 2.45) is 0 Å². The van der Waals surface area contributed by atoms with E-state index in [0.717, 1.165) is 20.8 Å². The van der Waals surface area contributed by atoms with Crippen LogP contribution in [0.3, 0.4) is 0 Å². The molecule has 0 saturated heterocycles. The number of hydrogen-bond acceptors (Lipinski definition) is 7. The summed E-state index contributed by atoms with van der Waals surface area (Å²) in [6, 6.07) is -0.332. The van der Waals surface area contributed by atoms with Crippen molar-refractivity contribution < 1.29 is 23.9 Å². The average Bonchev–Trinajstić information content (AvgIpc) is 3.11. The third-order valence-corrected chi connectivity index (χ3v) is 5.97. The van der Waals surface area contributed by atoms with E-state index in [2.05, 4.69) is 26.2 Å². The van der Waals surface area contributed by atoms with Crippen molar-refractivity contribution in [2.45, 2.75) is 78.0 Å². The van der Waals surface area contributed by atoms with Gasteiger partial charge in [0.2, 0.25) is 5.91 Å². The average molecular weight is 539 g/mol. The van der Waals surface area contributed by atoms with Gasteiger partial charge in [-0.1, -0.05) is 33.7 Å². The van der Waals surface area contributed by atoms with E-state index in [-0.39, 0.29) is 30.4 Å². The van der Waals surface area contributed by atoms with Crippen LogP contribution in [0.5, 0.6) is 0 Å². The lowest BCUT2D eigenvalue weighted by Crippen LogP contribution is -2.36. The number of carbonyl (C=O) groups excluding carboxylic acids is 3. The molecule has 0 spiro atoms. The van der Waals surface area contributed by atoms with Crippen molar-refractivity contribution in [1.82, 2.24) is 10.3 Å². The van der Waals surface area contributed by atoms with E-state index in [1.807, 2.05) is 32.2 Å². The predicted molar refractivity (Wildman–Crippen MR) is 132 cm³/mol. The molecule has 2 rings (SSSR count). The molecule has 2 bridgehead atoms. The highest BCUT2D eigenvalue weighted by molar-refractivity contribution is 9.11. The molecule has 9 heteroatoms. The van der Waals surface area contributed by atoms with Gasteiger partial charge in [-0.2, -0.15) is 0 Å². The summed E-state index contributed by atoms with van der Waals surface area (Å²) in [6.45, 7) is 7.04. The molecule has 0 radical (unpaired) electrons. The first kappa shape index (κ1) is 27.0. The number of amides is 1. The van der Waals surface area contributed by atoms with Gasteiger partial charge in [0.05, 0.1) is 17.1 Å². The first-order chi connectivity index (χ1) is 15.6. The quantitative estimate of drug-likeness (QED) is 0.554. The van der Waals surface area contributed by atoms with Gasteiger partial charge in [-0.15, -0.1) is 11.3 Å². The number of cyclic esters (lactones) is 2. The SMILES string of the molecule is CC(=O)N[C@@H]1CCc2csc(n2)C[C@@H](/C=C(\C)Br)OC(=O)/C=C\C=C(/C)C[C@H](C)OC(=O)C1. The van der Waals surface area contributed by atoms with Gasteiger partial charge >= 0.3 is 11.9 Å². The molecule has 1 aromatic rings. The second-order valence-corrected chi connectivity index (χ2v) is 10.4. The molecule has 0 aliphatic carbocycles. The zero-order valence-electron chi connectivity index (χ0n) is 19.4. The van der Waals surface area contributed by atoms with E-state index in [9.17, 15) is 14.4 Å². The van der Waals surface area contributed by atoms with Crippen LogP contribution in [-0.4, -0.2) is 41.1 Å². The van der Waals surface area contributed by atoms with Crippen molar-refractivity contribution in [3.05, 3.63) is 50.4 Å². The molecule has 1 aliphatic rings. The first-order valence-corrected chi connectivity index (χ1v) is 12.6. The van der Waals surface area contributed by atoms with E-state index in [0.29, 0.717) is 25.7 Å². The van der Waals surface area contributed by atoms with E-state index >= 15 is 0 Å². The number of aromatic nitrogens is 1. The fourth-order valence-electron chi connectivity index (χ4n) is 3.47. The molecule has 7 nitrogen and oxygen atoms in total. The zero-order chi connectivity index (χ0) is 24.4. The molecule has 180 valence electrons. The Labute approximate surface area is 207 Å². The van der Waals surface area contributed by atoms with Crippen LogP contribution in [0.4, 0.5) is 0 Å². The van der Waals surface area contributed by atoms with Crippen LogP contribution in [0.2, 0.25) is 0 Å². The maximum absolute atomic E-state index is 12.4. The molecular weight excluding hydrogens is 508 g/mol. The lowest BCUT2D eigenvalue weighted by Gasteiger charge is -2.19. The lowest BCUT2D eigenvalue weighted by molar-refractivity contribution is -0.149. The second-order valence-electron chi connectivity index (χ2n) is 8.18. The summed E-state index contributed by atoms with van der Waals surface area (Å²) < 4.78 is 12.0. The van der Waals surface area contributed by atoms with Crippen LogP contribution in [0.25, 0.3) is 0 Å². The Bertz CT molecular complexity index is 933. The van der Waals surface area contributed by atoms with E-state index in [4.69, 9.17) is 9.47 Å². The van der Waals surface area contributed by atoms with Crippen LogP contribution in [-0.2, 0) is 36.7 Å². The molecule has 0 saturated carbocycles. The van der Waals surface area contributed by atoms with E-state index in [1.54, 1.807) is 12.2 Å². The lowest BCUT2D eigenvalue weighted by atomic mass is 10.1. The minimum absolute atomic E-state index is 0.101. The smallest absolute Gasteiger partial charge is 0.331 e. The van der Waals surface area contributed by atoms with Crippen LogP contribution in [0.1, 0.15) is 57.7 Å². The number of nitrogens with one attached hydrogen (secondary N) is 1. The van der Waals surface area contributed by atoms with Crippen LogP contribution < -0.4 is 5.32 Å². The van der Waals surface area contributed by atoms with E-state index in [1.165, 1.54) is 24.3 Å². The van der Waals surface area contributed by atoms with Gasteiger partial charge in [0.1, 0.15) is 12.2 Å². The largest absolute Gasteiger partial charge is 0.462 e. The van der Waals surface area contributed by atoms with Gasteiger partial charge in [-0.05, 0) is 44.2 Å². The van der Waals surface area contributed by atoms with E-state index < -0.39 is 12.1 Å². The van der Waals surface area contributed by atoms with Crippen LogP contribution in [0, 0.1) is 0 Å². The van der Waals surface area contributed by atoms with Gasteiger partial charge in [0.15, 0.2) is 0 Å². The van der Waals surface area contributed by atoms with Gasteiger partial charge in [-0.25, -0.2) is 9.78 Å². The van der Waals surface area contributed by atoms with Crippen molar-refractivity contribution in [1.29, 1.82) is 0 Å². The van der Waals surface area contributed by atoms with Crippen molar-refractivity contribution in [2.75, 3.05) is 0 Å². The Hall–Kier alpha value is -2.26. The Kier molecular flexibility index (Phi) is 11.0. The number of ether oxygens (including phenoxy) is 2. The van der Waals surface area contributed by atoms with Crippen molar-refractivity contribution in [3.8, 4) is 0 Å². The molecule has 0 fully saturated rings. The molecule has 1 amide bonds. The fourth-order valence-corrected chi connectivity index (χ4v) is 4.64. The maximum atomic E-state index is 12.4. The monoisotopic (exact) mass is 538 g/mol. The molecular formula is C24H31BrN2O5S. The fraction of sp³-hybridized carbons (Fsp3) is 0.500. The molecule has 0 aromatic carbocycles. The van der Waals surface area contributed by atoms with Crippen LogP contribution >= 0.6 is 27.3 Å². The number of carbonyl (C=O) groups is 3. The zero-order valence-corrected chi connectivity index (χ0v) is 21.8. The van der Waals surface area contributed by atoms with Gasteiger partial charge in [-0.3, -0.25) is 9.59 Å². The highest BCUT2D eigenvalue weighted by Gasteiger charge is 2.20. The summed E-state index contributed by atoms with van der Waals surface area (Å²) in [5.41, 5.74) is 1.83. The third kappa shape index (κ3) is 10.9. The maximum Gasteiger partial charge on any atom is 0.331 e. The number of esters is 2. The number of thiazole rings is 1. The number of halogens is 1. The topological polar surface area (TPSA) is 94.6 Å². The minimum atomic E-state index is -0.453.